The maximum absolute atomic E-state index is 15.2. The summed E-state index contributed by atoms with van der Waals surface area (Å²) < 4.78 is 75.2. The van der Waals surface area contributed by atoms with Crippen LogP contribution in [0.4, 0.5) is 17.6 Å². The van der Waals surface area contributed by atoms with Crippen LogP contribution in [0.15, 0.2) is 36.9 Å². The van der Waals surface area contributed by atoms with Crippen LogP contribution in [0.1, 0.15) is 61.2 Å². The molecule has 1 saturated heterocycles. The summed E-state index contributed by atoms with van der Waals surface area (Å²) >= 11 is 0. The Morgan fingerprint density at radius 2 is 1.87 bits per heavy atom. The maximum atomic E-state index is 15.2. The number of halogens is 4. The Bertz CT molecular complexity index is 1880. The molecule has 45 heavy (non-hydrogen) atoms. The molecule has 1 aromatic carbocycles. The molecule has 0 amide bonds. The molecule has 11 nitrogen and oxygen atoms in total. The van der Waals surface area contributed by atoms with E-state index in [1.54, 1.807) is 16.9 Å². The van der Waals surface area contributed by atoms with E-state index in [2.05, 4.69) is 15.0 Å². The smallest absolute Gasteiger partial charge is 0.434 e. The molecule has 2 fully saturated rings. The first-order chi connectivity index (χ1) is 21.7. The van der Waals surface area contributed by atoms with Crippen LogP contribution in [0.3, 0.4) is 0 Å². The summed E-state index contributed by atoms with van der Waals surface area (Å²) in [6.45, 7) is 0.517. The number of alkyl halides is 3. The molecule has 0 bridgehead atoms. The van der Waals surface area contributed by atoms with Gasteiger partial charge in [-0.25, -0.2) is 29.0 Å². The van der Waals surface area contributed by atoms with Gasteiger partial charge in [-0.05, 0) is 49.8 Å². The van der Waals surface area contributed by atoms with Crippen molar-refractivity contribution in [1.29, 1.82) is 0 Å². The number of hydrogen-bond donors (Lipinski definition) is 0. The van der Waals surface area contributed by atoms with Crippen LogP contribution in [-0.4, -0.2) is 53.0 Å². The monoisotopic (exact) mass is 624 g/mol. The minimum absolute atomic E-state index is 0.0709. The van der Waals surface area contributed by atoms with Gasteiger partial charge >= 0.3 is 6.18 Å². The lowest BCUT2D eigenvalue weighted by Crippen LogP contribution is -2.18. The second-order valence-corrected chi connectivity index (χ2v) is 11.1. The number of nitrogens with zero attached hydrogens (tertiary/aromatic N) is 8. The van der Waals surface area contributed by atoms with Gasteiger partial charge in [-0.3, -0.25) is 0 Å². The van der Waals surface area contributed by atoms with Crippen LogP contribution in [0.25, 0.3) is 33.8 Å². The van der Waals surface area contributed by atoms with Gasteiger partial charge in [0.15, 0.2) is 17.0 Å². The number of ether oxygens (including phenoxy) is 3. The van der Waals surface area contributed by atoms with Crippen LogP contribution in [0, 0.1) is 5.82 Å². The predicted octanol–water partition coefficient (Wildman–Crippen LogP) is 6.01. The Balaban J connectivity index is 1.24. The van der Waals surface area contributed by atoms with E-state index in [9.17, 15) is 13.2 Å². The highest BCUT2D eigenvalue weighted by Gasteiger charge is 2.35. The van der Waals surface area contributed by atoms with Crippen molar-refractivity contribution < 1.29 is 31.8 Å². The summed E-state index contributed by atoms with van der Waals surface area (Å²) in [5.41, 5.74) is 1.51. The van der Waals surface area contributed by atoms with Crippen molar-refractivity contribution in [2.24, 2.45) is 7.05 Å². The lowest BCUT2D eigenvalue weighted by atomic mass is 10.1. The van der Waals surface area contributed by atoms with Gasteiger partial charge in [-0.15, -0.1) is 0 Å². The lowest BCUT2D eigenvalue weighted by Gasteiger charge is -2.22. The minimum Gasteiger partial charge on any atom is -0.480 e. The van der Waals surface area contributed by atoms with Gasteiger partial charge in [-0.2, -0.15) is 23.3 Å². The molecule has 1 unspecified atom stereocenters. The van der Waals surface area contributed by atoms with E-state index in [0.717, 1.165) is 48.6 Å². The second kappa shape index (κ2) is 11.4. The Morgan fingerprint density at radius 1 is 1.02 bits per heavy atom. The summed E-state index contributed by atoms with van der Waals surface area (Å²) in [4.78, 5) is 21.9. The van der Waals surface area contributed by atoms with E-state index in [4.69, 9.17) is 29.3 Å². The van der Waals surface area contributed by atoms with Crippen molar-refractivity contribution in [2.75, 3.05) is 13.7 Å². The number of benzene rings is 1. The molecule has 7 rings (SSSR count). The largest absolute Gasteiger partial charge is 0.480 e. The molecular weight excluding hydrogens is 596 g/mol. The fourth-order valence-corrected chi connectivity index (χ4v) is 5.44. The van der Waals surface area contributed by atoms with Crippen LogP contribution >= 0.6 is 0 Å². The summed E-state index contributed by atoms with van der Waals surface area (Å²) in [6.07, 6.45) is 3.89. The van der Waals surface area contributed by atoms with Crippen molar-refractivity contribution in [3.8, 4) is 34.5 Å². The number of rotatable bonds is 8. The van der Waals surface area contributed by atoms with Crippen molar-refractivity contribution in [2.45, 2.75) is 57.0 Å². The topological polar surface area (TPSA) is 115 Å². The highest BCUT2D eigenvalue weighted by atomic mass is 19.4. The van der Waals surface area contributed by atoms with E-state index in [-0.39, 0.29) is 36.0 Å². The average molecular weight is 625 g/mol. The third-order valence-electron chi connectivity index (χ3n) is 7.84. The second-order valence-electron chi connectivity index (χ2n) is 11.1. The van der Waals surface area contributed by atoms with Gasteiger partial charge in [0.25, 0.3) is 0 Å². The first-order valence-electron chi connectivity index (χ1n) is 14.5. The first-order valence-corrected chi connectivity index (χ1v) is 14.5. The summed E-state index contributed by atoms with van der Waals surface area (Å²) in [5, 5.41) is 4.70. The molecule has 1 atom stereocenters. The molecule has 2 aliphatic rings. The van der Waals surface area contributed by atoms with Gasteiger partial charge in [0, 0.05) is 25.8 Å². The van der Waals surface area contributed by atoms with E-state index in [1.165, 1.54) is 32.6 Å². The first kappa shape index (κ1) is 29.1. The molecule has 1 aliphatic heterocycles. The average Bonchev–Trinajstić information content (AvgIpc) is 3.67. The van der Waals surface area contributed by atoms with Crippen molar-refractivity contribution >= 4 is 11.0 Å². The Hall–Kier alpha value is -4.66. The highest BCUT2D eigenvalue weighted by Crippen LogP contribution is 2.45. The number of hydrogen-bond acceptors (Lipinski definition) is 9. The molecule has 234 valence electrons. The normalized spacial score (nSPS) is 17.2. The quantitative estimate of drug-likeness (QED) is 0.192. The molecule has 4 aromatic heterocycles. The van der Waals surface area contributed by atoms with E-state index < -0.39 is 17.7 Å². The number of methoxy groups -OCH3 is 1. The molecule has 5 heterocycles. The summed E-state index contributed by atoms with van der Waals surface area (Å²) in [6, 6.07) is 4.14. The lowest BCUT2D eigenvalue weighted by molar-refractivity contribution is -0.140. The zero-order chi connectivity index (χ0) is 31.3. The van der Waals surface area contributed by atoms with Gasteiger partial charge in [-0.1, -0.05) is 6.07 Å². The fraction of sp³-hybridized carbons (Fsp3) is 0.400. The predicted molar refractivity (Wildman–Crippen MR) is 152 cm³/mol. The molecule has 0 N–H and O–H groups in total. The molecular formula is C30H28F4N8O3. The summed E-state index contributed by atoms with van der Waals surface area (Å²) in [7, 11) is 2.90. The molecule has 0 spiro atoms. The van der Waals surface area contributed by atoms with Gasteiger partial charge in [0.1, 0.15) is 41.9 Å². The third kappa shape index (κ3) is 5.67. The molecule has 1 saturated carbocycles. The van der Waals surface area contributed by atoms with E-state index >= 15 is 4.39 Å². The van der Waals surface area contributed by atoms with Crippen molar-refractivity contribution in [1.82, 2.24) is 39.3 Å². The number of aromatic nitrogens is 8. The fourth-order valence-electron chi connectivity index (χ4n) is 5.44. The van der Waals surface area contributed by atoms with Crippen molar-refractivity contribution in [3.63, 3.8) is 0 Å². The van der Waals surface area contributed by atoms with Crippen LogP contribution in [-0.2, 0) is 24.6 Å². The maximum Gasteiger partial charge on any atom is 0.434 e. The number of aryl methyl sites for hydroxylation is 1. The molecule has 0 radical (unpaired) electrons. The Kier molecular flexibility index (Phi) is 7.34. The Morgan fingerprint density at radius 3 is 2.56 bits per heavy atom. The van der Waals surface area contributed by atoms with Crippen molar-refractivity contribution in [3.05, 3.63) is 59.7 Å². The molecule has 5 aromatic rings. The van der Waals surface area contributed by atoms with E-state index in [1.807, 2.05) is 0 Å². The zero-order valence-electron chi connectivity index (χ0n) is 24.4. The molecule has 15 heteroatoms. The number of imidazole rings is 1. The highest BCUT2D eigenvalue weighted by molar-refractivity contribution is 5.82. The van der Waals surface area contributed by atoms with Crippen LogP contribution < -0.4 is 9.47 Å². The zero-order valence-corrected chi connectivity index (χ0v) is 24.4. The van der Waals surface area contributed by atoms with E-state index in [0.29, 0.717) is 40.5 Å². The van der Waals surface area contributed by atoms with Crippen LogP contribution in [0.5, 0.6) is 11.8 Å². The SMILES string of the molecule is COc1ncnc(C2CC2)c1-c1nc(OCc2ccc(-c3nc(C(F)(F)F)cn3C)c(F)c2)c2nn(C3CCCCO3)cc2n1. The Labute approximate surface area is 254 Å². The third-order valence-corrected chi connectivity index (χ3v) is 7.84. The minimum atomic E-state index is -4.65. The summed E-state index contributed by atoms with van der Waals surface area (Å²) in [5.74, 6) is 0.145. The van der Waals surface area contributed by atoms with Crippen LogP contribution in [0.2, 0.25) is 0 Å². The molecule has 1 aliphatic carbocycles. The van der Waals surface area contributed by atoms with Gasteiger partial charge in [0.2, 0.25) is 11.8 Å². The standard InChI is InChI=1S/C30H28F4N8O3/c1-41-13-21(30(32,33)34)38-27(41)18-9-6-16(11-19(18)31)14-45-29-25-20(12-42(40-25)22-5-3-4-10-44-22)37-26(39-29)23-24(17-7-8-17)35-15-36-28(23)43-2/h6,9,11-13,15,17,22H,3-5,7-8,10,14H2,1-2H3. The number of fused-ring (bicyclic) bond motifs is 1. The van der Waals surface area contributed by atoms with Gasteiger partial charge < -0.3 is 18.8 Å². The van der Waals surface area contributed by atoms with Gasteiger partial charge in [0.05, 0.1) is 24.6 Å².